The second kappa shape index (κ2) is 8.00. The number of likely N-dealkylation sites (tertiary alicyclic amines) is 1. The third-order valence-electron chi connectivity index (χ3n) is 5.00. The Bertz CT molecular complexity index is 776. The molecule has 2 aliphatic rings. The Morgan fingerprint density at radius 3 is 3.04 bits per heavy atom. The molecule has 0 aliphatic carbocycles. The number of methoxy groups -OCH3 is 1. The van der Waals surface area contributed by atoms with E-state index in [1.807, 2.05) is 41.1 Å². The van der Waals surface area contributed by atoms with Crippen molar-refractivity contribution in [2.45, 2.75) is 30.4 Å². The SMILES string of the molecule is COCCn1ccc(C(=O)N2CC3(CC(OCc4ccccn4)CS3)C2)n1. The summed E-state index contributed by atoms with van der Waals surface area (Å²) in [5, 5.41) is 4.35. The maximum atomic E-state index is 12.6. The van der Waals surface area contributed by atoms with Crippen LogP contribution in [0.2, 0.25) is 0 Å². The van der Waals surface area contributed by atoms with Crippen LogP contribution in [0.3, 0.4) is 0 Å². The minimum Gasteiger partial charge on any atom is -0.383 e. The van der Waals surface area contributed by atoms with Crippen LogP contribution in [0.4, 0.5) is 0 Å². The number of carbonyl (C=O) groups excluding carboxylic acids is 1. The zero-order valence-electron chi connectivity index (χ0n) is 15.4. The van der Waals surface area contributed by atoms with E-state index in [1.165, 1.54) is 0 Å². The van der Waals surface area contributed by atoms with E-state index in [0.29, 0.717) is 25.5 Å². The average Bonchev–Trinajstić information content (AvgIpc) is 3.31. The molecule has 27 heavy (non-hydrogen) atoms. The van der Waals surface area contributed by atoms with Crippen molar-refractivity contribution >= 4 is 17.7 Å². The van der Waals surface area contributed by atoms with Gasteiger partial charge in [-0.3, -0.25) is 14.5 Å². The van der Waals surface area contributed by atoms with Gasteiger partial charge in [-0.2, -0.15) is 5.10 Å². The van der Waals surface area contributed by atoms with E-state index in [1.54, 1.807) is 24.1 Å². The lowest BCUT2D eigenvalue weighted by molar-refractivity contribution is 0.0242. The highest BCUT2D eigenvalue weighted by molar-refractivity contribution is 8.01. The molecule has 0 radical (unpaired) electrons. The maximum absolute atomic E-state index is 12.6. The normalized spacial score (nSPS) is 20.8. The first kappa shape index (κ1) is 18.5. The monoisotopic (exact) mass is 388 g/mol. The first-order valence-corrected chi connectivity index (χ1v) is 10.1. The molecular weight excluding hydrogens is 364 g/mol. The number of carbonyl (C=O) groups is 1. The molecule has 2 aromatic heterocycles. The van der Waals surface area contributed by atoms with Gasteiger partial charge in [0.05, 0.1) is 36.3 Å². The summed E-state index contributed by atoms with van der Waals surface area (Å²) in [6.07, 6.45) is 4.82. The molecule has 1 amide bonds. The van der Waals surface area contributed by atoms with Gasteiger partial charge < -0.3 is 14.4 Å². The first-order chi connectivity index (χ1) is 13.2. The smallest absolute Gasteiger partial charge is 0.274 e. The average molecular weight is 388 g/mol. The summed E-state index contributed by atoms with van der Waals surface area (Å²) in [5.41, 5.74) is 1.46. The van der Waals surface area contributed by atoms with Crippen LogP contribution >= 0.6 is 11.8 Å². The number of pyridine rings is 1. The molecule has 2 saturated heterocycles. The van der Waals surface area contributed by atoms with Crippen molar-refractivity contribution in [3.05, 3.63) is 48.0 Å². The Morgan fingerprint density at radius 2 is 2.26 bits per heavy atom. The number of nitrogens with zero attached hydrogens (tertiary/aromatic N) is 4. The van der Waals surface area contributed by atoms with Gasteiger partial charge in [0.1, 0.15) is 5.69 Å². The molecule has 1 spiro atoms. The van der Waals surface area contributed by atoms with Crippen LogP contribution in [-0.4, -0.2) is 69.0 Å². The van der Waals surface area contributed by atoms with E-state index in [9.17, 15) is 4.79 Å². The molecule has 2 fully saturated rings. The molecule has 2 aromatic rings. The lowest BCUT2D eigenvalue weighted by Crippen LogP contribution is -2.60. The Morgan fingerprint density at radius 1 is 1.37 bits per heavy atom. The fourth-order valence-electron chi connectivity index (χ4n) is 3.56. The first-order valence-electron chi connectivity index (χ1n) is 9.15. The second-order valence-corrected chi connectivity index (χ2v) is 8.56. The summed E-state index contributed by atoms with van der Waals surface area (Å²) in [4.78, 5) is 18.8. The summed E-state index contributed by atoms with van der Waals surface area (Å²) < 4.78 is 13.0. The van der Waals surface area contributed by atoms with Crippen LogP contribution in [-0.2, 0) is 22.6 Å². The minimum atomic E-state index is 0.00949. The molecular formula is C19H24N4O3S. The van der Waals surface area contributed by atoms with Crippen LogP contribution in [0.25, 0.3) is 0 Å². The zero-order valence-corrected chi connectivity index (χ0v) is 16.2. The molecule has 4 rings (SSSR count). The lowest BCUT2D eigenvalue weighted by atomic mass is 9.92. The van der Waals surface area contributed by atoms with Crippen molar-refractivity contribution in [2.75, 3.05) is 32.6 Å². The number of hydrogen-bond acceptors (Lipinski definition) is 6. The molecule has 4 heterocycles. The molecule has 0 bridgehead atoms. The number of thioether (sulfide) groups is 1. The minimum absolute atomic E-state index is 0.00949. The van der Waals surface area contributed by atoms with Gasteiger partial charge in [0, 0.05) is 38.3 Å². The van der Waals surface area contributed by atoms with Gasteiger partial charge >= 0.3 is 0 Å². The molecule has 8 heteroatoms. The van der Waals surface area contributed by atoms with E-state index < -0.39 is 0 Å². The number of amides is 1. The highest BCUT2D eigenvalue weighted by atomic mass is 32.2. The van der Waals surface area contributed by atoms with Gasteiger partial charge in [-0.1, -0.05) is 6.07 Å². The summed E-state index contributed by atoms with van der Waals surface area (Å²) in [6.45, 7) is 3.32. The quantitative estimate of drug-likeness (QED) is 0.721. The number of hydrogen-bond donors (Lipinski definition) is 0. The van der Waals surface area contributed by atoms with E-state index in [0.717, 1.165) is 31.0 Å². The Hall–Kier alpha value is -1.90. The standard InChI is InChI=1S/C19H24N4O3S/c1-25-9-8-23-7-5-17(21-23)18(24)22-13-19(14-22)10-16(12-27-19)26-11-15-4-2-3-6-20-15/h2-7,16H,8-14H2,1H3. The highest BCUT2D eigenvalue weighted by Crippen LogP contribution is 2.46. The maximum Gasteiger partial charge on any atom is 0.274 e. The summed E-state index contributed by atoms with van der Waals surface area (Å²) in [7, 11) is 1.65. The van der Waals surface area contributed by atoms with Gasteiger partial charge in [-0.25, -0.2) is 0 Å². The van der Waals surface area contributed by atoms with Gasteiger partial charge in [-0.05, 0) is 24.6 Å². The van der Waals surface area contributed by atoms with Crippen molar-refractivity contribution in [1.82, 2.24) is 19.7 Å². The predicted molar refractivity (Wildman–Crippen MR) is 103 cm³/mol. The molecule has 7 nitrogen and oxygen atoms in total. The van der Waals surface area contributed by atoms with Crippen LogP contribution in [0.5, 0.6) is 0 Å². The van der Waals surface area contributed by atoms with Crippen molar-refractivity contribution in [3.8, 4) is 0 Å². The Labute approximate surface area is 163 Å². The van der Waals surface area contributed by atoms with Crippen LogP contribution < -0.4 is 0 Å². The topological polar surface area (TPSA) is 69.5 Å². The Balaban J connectivity index is 1.25. The summed E-state index contributed by atoms with van der Waals surface area (Å²) in [6, 6.07) is 7.64. The third kappa shape index (κ3) is 4.17. The largest absolute Gasteiger partial charge is 0.383 e. The molecule has 0 saturated carbocycles. The molecule has 0 N–H and O–H groups in total. The van der Waals surface area contributed by atoms with E-state index in [2.05, 4.69) is 10.1 Å². The Kier molecular flexibility index (Phi) is 5.47. The van der Waals surface area contributed by atoms with Gasteiger partial charge in [0.2, 0.25) is 0 Å². The van der Waals surface area contributed by atoms with Gasteiger partial charge in [0.25, 0.3) is 5.91 Å². The zero-order chi connectivity index (χ0) is 18.7. The summed E-state index contributed by atoms with van der Waals surface area (Å²) >= 11 is 1.93. The number of rotatable bonds is 7. The van der Waals surface area contributed by atoms with Crippen molar-refractivity contribution in [3.63, 3.8) is 0 Å². The van der Waals surface area contributed by atoms with Crippen molar-refractivity contribution in [2.24, 2.45) is 0 Å². The fraction of sp³-hybridized carbons (Fsp3) is 0.526. The van der Waals surface area contributed by atoms with E-state index in [-0.39, 0.29) is 16.8 Å². The fourth-order valence-corrected chi connectivity index (χ4v) is 5.11. The third-order valence-corrected chi connectivity index (χ3v) is 6.57. The second-order valence-electron chi connectivity index (χ2n) is 7.07. The van der Waals surface area contributed by atoms with Crippen LogP contribution in [0, 0.1) is 0 Å². The molecule has 1 atom stereocenters. The van der Waals surface area contributed by atoms with Gasteiger partial charge in [0.15, 0.2) is 0 Å². The van der Waals surface area contributed by atoms with E-state index >= 15 is 0 Å². The van der Waals surface area contributed by atoms with Crippen LogP contribution in [0.15, 0.2) is 36.7 Å². The molecule has 1 unspecified atom stereocenters. The molecule has 2 aliphatic heterocycles. The highest BCUT2D eigenvalue weighted by Gasteiger charge is 2.51. The number of aromatic nitrogens is 3. The predicted octanol–water partition coefficient (Wildman–Crippen LogP) is 1.84. The van der Waals surface area contributed by atoms with Crippen LogP contribution in [0.1, 0.15) is 22.6 Å². The van der Waals surface area contributed by atoms with Crippen molar-refractivity contribution < 1.29 is 14.3 Å². The molecule has 144 valence electrons. The van der Waals surface area contributed by atoms with Crippen molar-refractivity contribution in [1.29, 1.82) is 0 Å². The number of ether oxygens (including phenoxy) is 2. The van der Waals surface area contributed by atoms with Gasteiger partial charge in [-0.15, -0.1) is 11.8 Å². The molecule has 0 aromatic carbocycles. The summed E-state index contributed by atoms with van der Waals surface area (Å²) in [5.74, 6) is 0.982. The van der Waals surface area contributed by atoms with E-state index in [4.69, 9.17) is 9.47 Å². The lowest BCUT2D eigenvalue weighted by Gasteiger charge is -2.47.